The number of hydrogen-bond donors (Lipinski definition) is 1. The number of halogens is 2. The third-order valence-corrected chi connectivity index (χ3v) is 3.30. The lowest BCUT2D eigenvalue weighted by Crippen LogP contribution is -2.43. The molecular weight excluding hydrogens is 226 g/mol. The van der Waals surface area contributed by atoms with Gasteiger partial charge in [0.25, 0.3) is 5.92 Å². The summed E-state index contributed by atoms with van der Waals surface area (Å²) < 4.78 is 27.9. The zero-order chi connectivity index (χ0) is 12.5. The molecule has 1 aromatic heterocycles. The Hall–Kier alpha value is -1.01. The molecule has 1 aliphatic rings. The SMILES string of the molecule is Cn1cc(C(CN)N2CCC(F)(F)CC2)cn1. The van der Waals surface area contributed by atoms with Crippen LogP contribution in [0.1, 0.15) is 24.4 Å². The van der Waals surface area contributed by atoms with E-state index in [4.69, 9.17) is 5.73 Å². The van der Waals surface area contributed by atoms with Gasteiger partial charge in [0.2, 0.25) is 0 Å². The van der Waals surface area contributed by atoms with Gasteiger partial charge in [-0.3, -0.25) is 9.58 Å². The number of aromatic nitrogens is 2. The van der Waals surface area contributed by atoms with Crippen molar-refractivity contribution < 1.29 is 8.78 Å². The summed E-state index contributed by atoms with van der Waals surface area (Å²) in [5, 5.41) is 4.10. The molecule has 0 spiro atoms. The van der Waals surface area contributed by atoms with Crippen LogP contribution in [0.3, 0.4) is 0 Å². The van der Waals surface area contributed by atoms with Crippen LogP contribution < -0.4 is 5.73 Å². The van der Waals surface area contributed by atoms with Gasteiger partial charge in [-0.05, 0) is 0 Å². The van der Waals surface area contributed by atoms with Crippen LogP contribution in [0.25, 0.3) is 0 Å². The van der Waals surface area contributed by atoms with Gasteiger partial charge in [0.15, 0.2) is 0 Å². The molecule has 1 saturated heterocycles. The maximum absolute atomic E-state index is 13.1. The van der Waals surface area contributed by atoms with Crippen LogP contribution >= 0.6 is 0 Å². The maximum Gasteiger partial charge on any atom is 0.250 e. The van der Waals surface area contributed by atoms with Crippen LogP contribution in [-0.4, -0.2) is 40.2 Å². The number of hydrogen-bond acceptors (Lipinski definition) is 3. The first-order valence-corrected chi connectivity index (χ1v) is 5.82. The van der Waals surface area contributed by atoms with E-state index in [1.165, 1.54) is 0 Å². The van der Waals surface area contributed by atoms with Crippen molar-refractivity contribution in [2.24, 2.45) is 12.8 Å². The molecule has 0 bridgehead atoms. The van der Waals surface area contributed by atoms with E-state index < -0.39 is 5.92 Å². The second kappa shape index (κ2) is 4.70. The lowest BCUT2D eigenvalue weighted by molar-refractivity contribution is -0.0627. The first-order valence-electron chi connectivity index (χ1n) is 5.82. The summed E-state index contributed by atoms with van der Waals surface area (Å²) in [7, 11) is 1.83. The molecule has 2 heterocycles. The van der Waals surface area contributed by atoms with Crippen molar-refractivity contribution in [1.29, 1.82) is 0 Å². The summed E-state index contributed by atoms with van der Waals surface area (Å²) in [6.45, 7) is 1.21. The Bertz CT molecular complexity index is 367. The molecule has 0 aromatic carbocycles. The molecule has 2 N–H and O–H groups in total. The number of aryl methyl sites for hydroxylation is 1. The number of nitrogens with two attached hydrogens (primary N) is 1. The fraction of sp³-hybridized carbons (Fsp3) is 0.727. The van der Waals surface area contributed by atoms with Crippen LogP contribution in [0.4, 0.5) is 8.78 Å². The van der Waals surface area contributed by atoms with E-state index in [0.29, 0.717) is 19.6 Å². The predicted molar refractivity (Wildman–Crippen MR) is 60.8 cm³/mol. The van der Waals surface area contributed by atoms with Crippen molar-refractivity contribution in [1.82, 2.24) is 14.7 Å². The Morgan fingerprint density at radius 2 is 2.12 bits per heavy atom. The Kier molecular flexibility index (Phi) is 3.44. The average molecular weight is 244 g/mol. The topological polar surface area (TPSA) is 47.1 Å². The third-order valence-electron chi connectivity index (χ3n) is 3.30. The normalized spacial score (nSPS) is 22.6. The highest BCUT2D eigenvalue weighted by atomic mass is 19.3. The van der Waals surface area contributed by atoms with Crippen molar-refractivity contribution in [3.05, 3.63) is 18.0 Å². The monoisotopic (exact) mass is 244 g/mol. The zero-order valence-electron chi connectivity index (χ0n) is 9.94. The lowest BCUT2D eigenvalue weighted by Gasteiger charge is -2.36. The number of piperidine rings is 1. The fourth-order valence-corrected chi connectivity index (χ4v) is 2.27. The van der Waals surface area contributed by atoms with Crippen LogP contribution in [0.15, 0.2) is 12.4 Å². The van der Waals surface area contributed by atoms with Gasteiger partial charge < -0.3 is 5.73 Å². The Labute approximate surface area is 99.4 Å². The standard InChI is InChI=1S/C11H18F2N4/c1-16-8-9(7-15-16)10(6-14)17-4-2-11(12,13)3-5-17/h7-8,10H,2-6,14H2,1H3. The minimum atomic E-state index is -2.51. The first kappa shape index (κ1) is 12.4. The summed E-state index contributed by atoms with van der Waals surface area (Å²) >= 11 is 0. The van der Waals surface area contributed by atoms with E-state index in [-0.39, 0.29) is 18.9 Å². The highest BCUT2D eigenvalue weighted by molar-refractivity contribution is 5.11. The zero-order valence-corrected chi connectivity index (χ0v) is 9.94. The highest BCUT2D eigenvalue weighted by Gasteiger charge is 2.36. The van der Waals surface area contributed by atoms with Gasteiger partial charge in [0, 0.05) is 51.3 Å². The third kappa shape index (κ3) is 2.81. The van der Waals surface area contributed by atoms with Crippen molar-refractivity contribution in [3.63, 3.8) is 0 Å². The Morgan fingerprint density at radius 3 is 2.59 bits per heavy atom. The van der Waals surface area contributed by atoms with Gasteiger partial charge in [-0.1, -0.05) is 0 Å². The molecule has 1 unspecified atom stereocenters. The smallest absolute Gasteiger partial charge is 0.250 e. The van der Waals surface area contributed by atoms with Gasteiger partial charge in [-0.2, -0.15) is 5.10 Å². The van der Waals surface area contributed by atoms with Gasteiger partial charge >= 0.3 is 0 Å². The van der Waals surface area contributed by atoms with Gasteiger partial charge in [0.05, 0.1) is 12.2 Å². The maximum atomic E-state index is 13.1. The van der Waals surface area contributed by atoms with Gasteiger partial charge in [-0.15, -0.1) is 0 Å². The van der Waals surface area contributed by atoms with Gasteiger partial charge in [-0.25, -0.2) is 8.78 Å². The minimum absolute atomic E-state index is 0.000185. The lowest BCUT2D eigenvalue weighted by atomic mass is 10.0. The van der Waals surface area contributed by atoms with E-state index in [2.05, 4.69) is 5.10 Å². The fourth-order valence-electron chi connectivity index (χ4n) is 2.27. The van der Waals surface area contributed by atoms with Crippen LogP contribution in [-0.2, 0) is 7.05 Å². The summed E-state index contributed by atoms with van der Waals surface area (Å²) in [5.41, 5.74) is 6.75. The molecule has 0 radical (unpaired) electrons. The molecule has 2 rings (SSSR count). The highest BCUT2D eigenvalue weighted by Crippen LogP contribution is 2.31. The molecular formula is C11H18F2N4. The Balaban J connectivity index is 2.05. The molecule has 1 aliphatic heterocycles. The second-order valence-electron chi connectivity index (χ2n) is 4.59. The molecule has 96 valence electrons. The molecule has 17 heavy (non-hydrogen) atoms. The van der Waals surface area contributed by atoms with Crippen LogP contribution in [0, 0.1) is 0 Å². The predicted octanol–water partition coefficient (Wildman–Crippen LogP) is 1.15. The van der Waals surface area contributed by atoms with Crippen molar-refractivity contribution >= 4 is 0 Å². The molecule has 0 amide bonds. The van der Waals surface area contributed by atoms with Gasteiger partial charge in [0.1, 0.15) is 0 Å². The summed E-state index contributed by atoms with van der Waals surface area (Å²) in [6, 6.07) is -0.000185. The van der Waals surface area contributed by atoms with Crippen molar-refractivity contribution in [3.8, 4) is 0 Å². The number of nitrogens with zero attached hydrogens (tertiary/aromatic N) is 3. The van der Waals surface area contributed by atoms with Crippen LogP contribution in [0.5, 0.6) is 0 Å². The largest absolute Gasteiger partial charge is 0.329 e. The molecule has 1 fully saturated rings. The average Bonchev–Trinajstić information content (AvgIpc) is 2.68. The number of alkyl halides is 2. The molecule has 1 atom stereocenters. The van der Waals surface area contributed by atoms with E-state index in [9.17, 15) is 8.78 Å². The van der Waals surface area contributed by atoms with E-state index in [0.717, 1.165) is 5.56 Å². The summed E-state index contributed by atoms with van der Waals surface area (Å²) in [6.07, 6.45) is 3.49. The molecule has 0 saturated carbocycles. The minimum Gasteiger partial charge on any atom is -0.329 e. The van der Waals surface area contributed by atoms with Crippen molar-refractivity contribution in [2.75, 3.05) is 19.6 Å². The number of likely N-dealkylation sites (tertiary alicyclic amines) is 1. The van der Waals surface area contributed by atoms with Crippen LogP contribution in [0.2, 0.25) is 0 Å². The molecule has 6 heteroatoms. The Morgan fingerprint density at radius 1 is 1.47 bits per heavy atom. The van der Waals surface area contributed by atoms with E-state index in [1.807, 2.05) is 18.1 Å². The molecule has 4 nitrogen and oxygen atoms in total. The van der Waals surface area contributed by atoms with Crippen molar-refractivity contribution in [2.45, 2.75) is 24.8 Å². The molecule has 1 aromatic rings. The summed E-state index contributed by atoms with van der Waals surface area (Å²) in [4.78, 5) is 2.02. The quantitative estimate of drug-likeness (QED) is 0.867. The van der Waals surface area contributed by atoms with E-state index >= 15 is 0 Å². The number of rotatable bonds is 3. The summed E-state index contributed by atoms with van der Waals surface area (Å²) in [5.74, 6) is -2.51. The second-order valence-corrected chi connectivity index (χ2v) is 4.59. The first-order chi connectivity index (χ1) is 8.02. The van der Waals surface area contributed by atoms with E-state index in [1.54, 1.807) is 10.9 Å². The molecule has 0 aliphatic carbocycles.